The minimum Gasteiger partial charge on any atom is -0.368 e. The lowest BCUT2D eigenvalue weighted by atomic mass is 10.2. The lowest BCUT2D eigenvalue weighted by molar-refractivity contribution is 0.960. The minimum atomic E-state index is 0.724. The van der Waals surface area contributed by atoms with Crippen LogP contribution in [0.2, 0.25) is 5.02 Å². The Morgan fingerprint density at radius 2 is 2.31 bits per heavy atom. The van der Waals surface area contributed by atoms with Crippen molar-refractivity contribution in [3.05, 3.63) is 33.3 Å². The molecule has 0 atom stereocenters. The van der Waals surface area contributed by atoms with Crippen LogP contribution in [0, 0.1) is 0 Å². The van der Waals surface area contributed by atoms with Gasteiger partial charge in [0, 0.05) is 16.6 Å². The lowest BCUT2D eigenvalue weighted by Crippen LogP contribution is -2.19. The van der Waals surface area contributed by atoms with Gasteiger partial charge in [0.25, 0.3) is 0 Å². The van der Waals surface area contributed by atoms with Gasteiger partial charge in [-0.05, 0) is 34.1 Å². The molecule has 0 saturated heterocycles. The molecule has 13 heavy (non-hydrogen) atoms. The number of amidine groups is 1. The quantitative estimate of drug-likeness (QED) is 0.823. The maximum atomic E-state index is 5.88. The van der Waals surface area contributed by atoms with Crippen LogP contribution < -0.4 is 5.32 Å². The van der Waals surface area contributed by atoms with E-state index in [1.54, 1.807) is 0 Å². The molecule has 4 heteroatoms. The molecule has 0 aliphatic carbocycles. The third-order valence-electron chi connectivity index (χ3n) is 1.87. The van der Waals surface area contributed by atoms with Crippen molar-refractivity contribution in [3.63, 3.8) is 0 Å². The van der Waals surface area contributed by atoms with Gasteiger partial charge in [-0.3, -0.25) is 4.99 Å². The predicted molar refractivity (Wildman–Crippen MR) is 58.6 cm³/mol. The van der Waals surface area contributed by atoms with Crippen molar-refractivity contribution in [1.29, 1.82) is 0 Å². The molecule has 1 aliphatic heterocycles. The Hall–Kier alpha value is -0.540. The van der Waals surface area contributed by atoms with Gasteiger partial charge in [-0.15, -0.1) is 0 Å². The summed E-state index contributed by atoms with van der Waals surface area (Å²) in [5, 5.41) is 3.93. The first-order valence-electron chi connectivity index (χ1n) is 4.01. The van der Waals surface area contributed by atoms with Crippen LogP contribution in [0.5, 0.6) is 0 Å². The monoisotopic (exact) mass is 258 g/mol. The Labute approximate surface area is 90.1 Å². The molecule has 0 radical (unpaired) electrons. The Kier molecular flexibility index (Phi) is 2.56. The predicted octanol–water partition coefficient (Wildman–Crippen LogP) is 2.45. The molecular formula is C9H8BrClN2. The Bertz CT molecular complexity index is 363. The van der Waals surface area contributed by atoms with Gasteiger partial charge < -0.3 is 5.32 Å². The zero-order valence-electron chi connectivity index (χ0n) is 6.85. The summed E-state index contributed by atoms with van der Waals surface area (Å²) in [7, 11) is 0. The van der Waals surface area contributed by atoms with Gasteiger partial charge in [-0.2, -0.15) is 0 Å². The van der Waals surface area contributed by atoms with Crippen LogP contribution >= 0.6 is 27.5 Å². The summed E-state index contributed by atoms with van der Waals surface area (Å²) in [6.07, 6.45) is 0. The first kappa shape index (κ1) is 9.03. The van der Waals surface area contributed by atoms with Gasteiger partial charge in [-0.1, -0.05) is 11.6 Å². The van der Waals surface area contributed by atoms with E-state index in [2.05, 4.69) is 26.2 Å². The first-order valence-corrected chi connectivity index (χ1v) is 5.18. The van der Waals surface area contributed by atoms with Gasteiger partial charge in [0.1, 0.15) is 5.84 Å². The number of hydrogen-bond acceptors (Lipinski definition) is 2. The van der Waals surface area contributed by atoms with Gasteiger partial charge in [0.2, 0.25) is 0 Å². The lowest BCUT2D eigenvalue weighted by Gasteiger charge is -2.03. The number of hydrogen-bond donors (Lipinski definition) is 1. The van der Waals surface area contributed by atoms with E-state index >= 15 is 0 Å². The summed E-state index contributed by atoms with van der Waals surface area (Å²) in [4.78, 5) is 4.32. The summed E-state index contributed by atoms with van der Waals surface area (Å²) in [6, 6.07) is 5.80. The number of rotatable bonds is 1. The molecule has 0 bridgehead atoms. The maximum absolute atomic E-state index is 5.88. The van der Waals surface area contributed by atoms with Crippen molar-refractivity contribution in [2.75, 3.05) is 13.1 Å². The van der Waals surface area contributed by atoms with E-state index in [-0.39, 0.29) is 0 Å². The molecule has 0 saturated carbocycles. The Morgan fingerprint density at radius 1 is 1.46 bits per heavy atom. The standard InChI is InChI=1S/C9H8BrClN2/c10-7-5-6(1-2-8(7)11)9-12-3-4-13-9/h1-2,5H,3-4H2,(H,12,13). The van der Waals surface area contributed by atoms with Crippen LogP contribution in [0.25, 0.3) is 0 Å². The van der Waals surface area contributed by atoms with E-state index < -0.39 is 0 Å². The fraction of sp³-hybridized carbons (Fsp3) is 0.222. The van der Waals surface area contributed by atoms with Crippen molar-refractivity contribution >= 4 is 33.4 Å². The van der Waals surface area contributed by atoms with Crippen LogP contribution in [0.4, 0.5) is 0 Å². The van der Waals surface area contributed by atoms with Crippen LogP contribution in [0.15, 0.2) is 27.7 Å². The van der Waals surface area contributed by atoms with Crippen LogP contribution in [0.1, 0.15) is 5.56 Å². The smallest absolute Gasteiger partial charge is 0.128 e. The fourth-order valence-corrected chi connectivity index (χ4v) is 1.73. The molecule has 0 aromatic heterocycles. The van der Waals surface area contributed by atoms with Crippen molar-refractivity contribution in [1.82, 2.24) is 5.32 Å². The highest BCUT2D eigenvalue weighted by atomic mass is 79.9. The summed E-state index contributed by atoms with van der Waals surface area (Å²) in [6.45, 7) is 1.78. The van der Waals surface area contributed by atoms with Gasteiger partial charge in [0.05, 0.1) is 11.6 Å². The molecule has 2 nitrogen and oxygen atoms in total. The molecule has 0 fully saturated rings. The number of aliphatic imine (C=N–C) groups is 1. The SMILES string of the molecule is Clc1ccc(C2=NCCN2)cc1Br. The van der Waals surface area contributed by atoms with E-state index in [1.807, 2.05) is 18.2 Å². The van der Waals surface area contributed by atoms with Crippen LogP contribution in [-0.4, -0.2) is 18.9 Å². The summed E-state index contributed by atoms with van der Waals surface area (Å²) in [5.41, 5.74) is 1.08. The number of halogens is 2. The molecule has 1 aromatic carbocycles. The third-order valence-corrected chi connectivity index (χ3v) is 3.08. The molecule has 1 aromatic rings. The molecule has 1 aliphatic rings. The second kappa shape index (κ2) is 3.68. The number of nitrogens with one attached hydrogen (secondary N) is 1. The first-order chi connectivity index (χ1) is 6.27. The molecule has 1 heterocycles. The zero-order chi connectivity index (χ0) is 9.26. The Balaban J connectivity index is 2.36. The van der Waals surface area contributed by atoms with E-state index in [4.69, 9.17) is 11.6 Å². The van der Waals surface area contributed by atoms with Gasteiger partial charge in [0.15, 0.2) is 0 Å². The summed E-state index contributed by atoms with van der Waals surface area (Å²) >= 11 is 9.26. The molecule has 2 rings (SSSR count). The minimum absolute atomic E-state index is 0.724. The third kappa shape index (κ3) is 1.86. The highest BCUT2D eigenvalue weighted by molar-refractivity contribution is 9.10. The van der Waals surface area contributed by atoms with Gasteiger partial charge >= 0.3 is 0 Å². The highest BCUT2D eigenvalue weighted by Gasteiger charge is 2.08. The van der Waals surface area contributed by atoms with Crippen LogP contribution in [-0.2, 0) is 0 Å². The van der Waals surface area contributed by atoms with E-state index in [1.165, 1.54) is 0 Å². The highest BCUT2D eigenvalue weighted by Crippen LogP contribution is 2.23. The average Bonchev–Trinajstić information content (AvgIpc) is 2.62. The van der Waals surface area contributed by atoms with Crippen molar-refractivity contribution in [2.24, 2.45) is 4.99 Å². The van der Waals surface area contributed by atoms with E-state index in [9.17, 15) is 0 Å². The maximum Gasteiger partial charge on any atom is 0.128 e. The van der Waals surface area contributed by atoms with E-state index in [0.717, 1.165) is 34.0 Å². The normalized spacial score (nSPS) is 15.4. The molecule has 1 N–H and O–H groups in total. The Morgan fingerprint density at radius 3 is 2.92 bits per heavy atom. The molecule has 0 spiro atoms. The molecule has 0 unspecified atom stereocenters. The van der Waals surface area contributed by atoms with Crippen molar-refractivity contribution < 1.29 is 0 Å². The van der Waals surface area contributed by atoms with Crippen molar-refractivity contribution in [2.45, 2.75) is 0 Å². The molecule has 68 valence electrons. The summed E-state index contributed by atoms with van der Waals surface area (Å²) < 4.78 is 0.906. The summed E-state index contributed by atoms with van der Waals surface area (Å²) in [5.74, 6) is 0.956. The average molecular weight is 260 g/mol. The second-order valence-electron chi connectivity index (χ2n) is 2.79. The zero-order valence-corrected chi connectivity index (χ0v) is 9.19. The van der Waals surface area contributed by atoms with E-state index in [0.29, 0.717) is 0 Å². The topological polar surface area (TPSA) is 24.4 Å². The van der Waals surface area contributed by atoms with Crippen LogP contribution in [0.3, 0.4) is 0 Å². The number of benzene rings is 1. The number of nitrogens with zero attached hydrogens (tertiary/aromatic N) is 1. The molecule has 0 amide bonds. The second-order valence-corrected chi connectivity index (χ2v) is 4.05. The van der Waals surface area contributed by atoms with Gasteiger partial charge in [-0.25, -0.2) is 0 Å². The van der Waals surface area contributed by atoms with Crippen molar-refractivity contribution in [3.8, 4) is 0 Å². The molecular weight excluding hydrogens is 251 g/mol. The fourth-order valence-electron chi connectivity index (χ4n) is 1.23. The largest absolute Gasteiger partial charge is 0.368 e.